The van der Waals surface area contributed by atoms with E-state index in [0.717, 1.165) is 60.4 Å². The highest BCUT2D eigenvalue weighted by atomic mass is 16.7. The van der Waals surface area contributed by atoms with Crippen molar-refractivity contribution in [1.82, 2.24) is 20.2 Å². The van der Waals surface area contributed by atoms with Crippen LogP contribution in [0.25, 0.3) is 11.0 Å². The van der Waals surface area contributed by atoms with Crippen LogP contribution in [0.2, 0.25) is 0 Å². The Morgan fingerprint density at radius 1 is 1.14 bits per heavy atom. The minimum absolute atomic E-state index is 0.303. The molecule has 0 saturated heterocycles. The zero-order valence-electron chi connectivity index (χ0n) is 16.9. The number of benzene rings is 2. The summed E-state index contributed by atoms with van der Waals surface area (Å²) in [6.07, 6.45) is 0.846. The van der Waals surface area contributed by atoms with Gasteiger partial charge in [-0.05, 0) is 50.1 Å². The Morgan fingerprint density at radius 3 is 2.90 bits per heavy atom. The first-order chi connectivity index (χ1) is 14.2. The van der Waals surface area contributed by atoms with Crippen LogP contribution in [0.3, 0.4) is 0 Å². The fourth-order valence-corrected chi connectivity index (χ4v) is 3.50. The lowest BCUT2D eigenvalue weighted by molar-refractivity contribution is 0.174. The molecule has 152 valence electrons. The molecule has 0 saturated carbocycles. The summed E-state index contributed by atoms with van der Waals surface area (Å²) >= 11 is 0. The number of ether oxygens (including phenoxy) is 2. The highest BCUT2D eigenvalue weighted by Crippen LogP contribution is 2.32. The van der Waals surface area contributed by atoms with Crippen LogP contribution in [-0.2, 0) is 13.0 Å². The molecule has 4 rings (SSSR count). The Labute approximate surface area is 170 Å². The quantitative estimate of drug-likeness (QED) is 0.477. The molecular weight excluding hydrogens is 366 g/mol. The molecule has 0 spiro atoms. The molecule has 2 N–H and O–H groups in total. The zero-order valence-corrected chi connectivity index (χ0v) is 16.9. The maximum atomic E-state index is 5.44. The van der Waals surface area contributed by atoms with E-state index in [-0.39, 0.29) is 0 Å². The van der Waals surface area contributed by atoms with E-state index in [4.69, 9.17) is 14.5 Å². The first-order valence-electron chi connectivity index (χ1n) is 10.1. The van der Waals surface area contributed by atoms with Crippen molar-refractivity contribution in [2.75, 3.05) is 26.4 Å². The number of hydrogen-bond donors (Lipinski definition) is 2. The molecule has 0 atom stereocenters. The molecule has 1 aliphatic heterocycles. The van der Waals surface area contributed by atoms with Crippen LogP contribution in [0.4, 0.5) is 0 Å². The minimum atomic E-state index is 0.303. The molecule has 2 heterocycles. The molecular formula is C22H27N5O2. The van der Waals surface area contributed by atoms with Crippen LogP contribution in [0.15, 0.2) is 47.5 Å². The number of fused-ring (bicyclic) bond motifs is 2. The topological polar surface area (TPSA) is 72.7 Å². The van der Waals surface area contributed by atoms with E-state index in [1.54, 1.807) is 0 Å². The molecule has 3 aromatic rings. The molecule has 2 aromatic carbocycles. The fraction of sp³-hybridized carbons (Fsp3) is 0.364. The van der Waals surface area contributed by atoms with Crippen molar-refractivity contribution in [2.24, 2.45) is 4.99 Å². The van der Waals surface area contributed by atoms with Crippen LogP contribution in [-0.4, -0.2) is 41.9 Å². The molecule has 0 unspecified atom stereocenters. The Kier molecular flexibility index (Phi) is 5.84. The van der Waals surface area contributed by atoms with E-state index in [1.165, 1.54) is 5.56 Å². The van der Waals surface area contributed by atoms with Gasteiger partial charge in [0.05, 0.1) is 11.0 Å². The second-order valence-electron chi connectivity index (χ2n) is 6.92. The Balaban J connectivity index is 1.33. The molecule has 0 aliphatic carbocycles. The van der Waals surface area contributed by atoms with Crippen molar-refractivity contribution in [3.63, 3.8) is 0 Å². The maximum absolute atomic E-state index is 5.44. The van der Waals surface area contributed by atoms with Gasteiger partial charge in [-0.25, -0.2) is 4.98 Å². The van der Waals surface area contributed by atoms with Gasteiger partial charge in [0, 0.05) is 26.2 Å². The lowest BCUT2D eigenvalue weighted by atomic mass is 10.1. The van der Waals surface area contributed by atoms with Gasteiger partial charge in [0.25, 0.3) is 0 Å². The van der Waals surface area contributed by atoms with Crippen molar-refractivity contribution in [1.29, 1.82) is 0 Å². The summed E-state index contributed by atoms with van der Waals surface area (Å²) in [6.45, 7) is 7.55. The van der Waals surface area contributed by atoms with Gasteiger partial charge in [0.1, 0.15) is 5.82 Å². The highest BCUT2D eigenvalue weighted by Gasteiger charge is 2.13. The zero-order chi connectivity index (χ0) is 20.1. The lowest BCUT2D eigenvalue weighted by Crippen LogP contribution is -2.39. The lowest BCUT2D eigenvalue weighted by Gasteiger charge is -2.13. The number of para-hydroxylation sites is 2. The standard InChI is InChI=1S/C22H27N5O2/c1-3-23-22(24-11-10-17-8-9-20-21(14-17)29-15-28-20)25-12-13-27-16(2)26-18-6-4-5-7-19(18)27/h4-9,14H,3,10-13,15H2,1-2H3,(H2,23,24,25). The monoisotopic (exact) mass is 393 g/mol. The predicted octanol–water partition coefficient (Wildman–Crippen LogP) is 2.87. The fourth-order valence-electron chi connectivity index (χ4n) is 3.50. The van der Waals surface area contributed by atoms with Crippen molar-refractivity contribution < 1.29 is 9.47 Å². The number of imidazole rings is 1. The molecule has 1 aliphatic rings. The number of aliphatic imine (C=N–C) groups is 1. The summed E-state index contributed by atoms with van der Waals surface area (Å²) in [5.74, 6) is 3.49. The number of guanidine groups is 1. The summed E-state index contributed by atoms with van der Waals surface area (Å²) in [4.78, 5) is 9.33. The molecule has 0 amide bonds. The number of hydrogen-bond acceptors (Lipinski definition) is 4. The van der Waals surface area contributed by atoms with Crippen LogP contribution in [0, 0.1) is 6.92 Å². The molecule has 0 bridgehead atoms. The summed E-state index contributed by atoms with van der Waals surface area (Å²) in [6, 6.07) is 14.3. The third-order valence-corrected chi connectivity index (χ3v) is 4.92. The maximum Gasteiger partial charge on any atom is 0.231 e. The van der Waals surface area contributed by atoms with Crippen LogP contribution < -0.4 is 20.1 Å². The van der Waals surface area contributed by atoms with Gasteiger partial charge in [0.15, 0.2) is 17.5 Å². The van der Waals surface area contributed by atoms with Crippen LogP contribution in [0.1, 0.15) is 18.3 Å². The number of nitrogens with zero attached hydrogens (tertiary/aromatic N) is 3. The minimum Gasteiger partial charge on any atom is -0.454 e. The van der Waals surface area contributed by atoms with E-state index in [0.29, 0.717) is 13.3 Å². The Bertz CT molecular complexity index is 1010. The van der Waals surface area contributed by atoms with Gasteiger partial charge in [-0.15, -0.1) is 0 Å². The summed E-state index contributed by atoms with van der Waals surface area (Å²) < 4.78 is 13.0. The van der Waals surface area contributed by atoms with E-state index in [9.17, 15) is 0 Å². The predicted molar refractivity (Wildman–Crippen MR) is 115 cm³/mol. The number of nitrogens with one attached hydrogen (secondary N) is 2. The normalized spacial score (nSPS) is 13.1. The van der Waals surface area contributed by atoms with Gasteiger partial charge < -0.3 is 24.7 Å². The summed E-state index contributed by atoms with van der Waals surface area (Å²) in [7, 11) is 0. The smallest absolute Gasteiger partial charge is 0.231 e. The first kappa shape index (κ1) is 19.1. The van der Waals surface area contributed by atoms with Crippen molar-refractivity contribution in [2.45, 2.75) is 26.8 Å². The van der Waals surface area contributed by atoms with E-state index in [1.807, 2.05) is 31.2 Å². The molecule has 7 heteroatoms. The van der Waals surface area contributed by atoms with E-state index in [2.05, 4.69) is 45.3 Å². The summed E-state index contributed by atoms with van der Waals surface area (Å²) in [5.41, 5.74) is 3.39. The second kappa shape index (κ2) is 8.86. The Morgan fingerprint density at radius 2 is 2.00 bits per heavy atom. The van der Waals surface area contributed by atoms with Crippen molar-refractivity contribution >= 4 is 17.0 Å². The third-order valence-electron chi connectivity index (χ3n) is 4.92. The van der Waals surface area contributed by atoms with E-state index < -0.39 is 0 Å². The molecule has 29 heavy (non-hydrogen) atoms. The SMILES string of the molecule is CCNC(=NCCc1ccc2c(c1)OCO2)NCCn1c(C)nc2ccccc21. The van der Waals surface area contributed by atoms with Crippen molar-refractivity contribution in [3.05, 3.63) is 53.9 Å². The molecule has 0 fully saturated rings. The van der Waals surface area contributed by atoms with Gasteiger partial charge in [-0.1, -0.05) is 18.2 Å². The first-order valence-corrected chi connectivity index (χ1v) is 10.1. The molecule has 0 radical (unpaired) electrons. The third kappa shape index (κ3) is 4.45. The van der Waals surface area contributed by atoms with Gasteiger partial charge in [0.2, 0.25) is 6.79 Å². The number of rotatable bonds is 7. The Hall–Kier alpha value is -3.22. The van der Waals surface area contributed by atoms with Crippen LogP contribution in [0.5, 0.6) is 11.5 Å². The largest absolute Gasteiger partial charge is 0.454 e. The van der Waals surface area contributed by atoms with Gasteiger partial charge in [-0.2, -0.15) is 0 Å². The van der Waals surface area contributed by atoms with Gasteiger partial charge >= 0.3 is 0 Å². The average Bonchev–Trinajstić information content (AvgIpc) is 3.31. The van der Waals surface area contributed by atoms with Gasteiger partial charge in [-0.3, -0.25) is 4.99 Å². The second-order valence-corrected chi connectivity index (χ2v) is 6.92. The highest BCUT2D eigenvalue weighted by molar-refractivity contribution is 5.79. The number of aromatic nitrogens is 2. The average molecular weight is 393 g/mol. The summed E-state index contributed by atoms with van der Waals surface area (Å²) in [5, 5.41) is 6.74. The molecule has 1 aromatic heterocycles. The van der Waals surface area contributed by atoms with E-state index >= 15 is 0 Å². The van der Waals surface area contributed by atoms with Crippen LogP contribution >= 0.6 is 0 Å². The molecule has 7 nitrogen and oxygen atoms in total. The van der Waals surface area contributed by atoms with Crippen molar-refractivity contribution in [3.8, 4) is 11.5 Å². The number of aryl methyl sites for hydroxylation is 1.